The molecule has 0 saturated heterocycles. The van der Waals surface area contributed by atoms with Gasteiger partial charge in [0.15, 0.2) is 0 Å². The Morgan fingerprint density at radius 2 is 1.75 bits per heavy atom. The molecule has 0 fully saturated rings. The predicted molar refractivity (Wildman–Crippen MR) is 82.9 cm³/mol. The van der Waals surface area contributed by atoms with Crippen molar-refractivity contribution in [2.24, 2.45) is 0 Å². The predicted octanol–water partition coefficient (Wildman–Crippen LogP) is 3.75. The van der Waals surface area contributed by atoms with Crippen molar-refractivity contribution in [1.29, 1.82) is 0 Å². The molecule has 2 nitrogen and oxygen atoms in total. The van der Waals surface area contributed by atoms with Crippen molar-refractivity contribution >= 4 is 10.9 Å². The van der Waals surface area contributed by atoms with Crippen LogP contribution in [-0.2, 0) is 6.42 Å². The van der Waals surface area contributed by atoms with Gasteiger partial charge in [-0.25, -0.2) is 0 Å². The van der Waals surface area contributed by atoms with Crippen LogP contribution in [0.15, 0.2) is 54.6 Å². The first-order valence-corrected chi connectivity index (χ1v) is 7.19. The van der Waals surface area contributed by atoms with Gasteiger partial charge in [0.2, 0.25) is 0 Å². The molecule has 1 atom stereocenters. The maximum Gasteiger partial charge on any atom is 0.0754 e. The molecule has 0 aliphatic carbocycles. The highest BCUT2D eigenvalue weighted by Crippen LogP contribution is 2.37. The Morgan fingerprint density at radius 3 is 2.60 bits per heavy atom. The minimum absolute atomic E-state index is 0.340. The van der Waals surface area contributed by atoms with E-state index >= 15 is 0 Å². The van der Waals surface area contributed by atoms with Crippen LogP contribution in [0.5, 0.6) is 0 Å². The number of fused-ring (bicyclic) bond motifs is 3. The van der Waals surface area contributed by atoms with E-state index in [0.29, 0.717) is 6.04 Å². The number of rotatable bonds is 1. The number of aromatic amines is 1. The molecule has 1 aliphatic rings. The molecule has 1 aliphatic heterocycles. The second kappa shape index (κ2) is 4.50. The number of nitrogens with one attached hydrogen (secondary N) is 1. The van der Waals surface area contributed by atoms with Gasteiger partial charge in [0.25, 0.3) is 0 Å². The van der Waals surface area contributed by atoms with Gasteiger partial charge >= 0.3 is 0 Å². The third-order valence-electron chi connectivity index (χ3n) is 4.39. The van der Waals surface area contributed by atoms with Gasteiger partial charge in [-0.15, -0.1) is 0 Å². The molecule has 2 heteroatoms. The molecule has 0 amide bonds. The van der Waals surface area contributed by atoms with E-state index in [1.807, 2.05) is 0 Å². The Bertz CT molecular complexity index is 742. The Hall–Kier alpha value is -2.06. The van der Waals surface area contributed by atoms with E-state index in [9.17, 15) is 0 Å². The van der Waals surface area contributed by atoms with Crippen LogP contribution in [0.4, 0.5) is 0 Å². The van der Waals surface area contributed by atoms with Crippen molar-refractivity contribution in [3.8, 4) is 0 Å². The first-order chi connectivity index (χ1) is 9.84. The van der Waals surface area contributed by atoms with Gasteiger partial charge in [-0.3, -0.25) is 4.90 Å². The van der Waals surface area contributed by atoms with E-state index in [0.717, 1.165) is 13.0 Å². The summed E-state index contributed by atoms with van der Waals surface area (Å²) in [6.45, 7) is 1.11. The van der Waals surface area contributed by atoms with Crippen molar-refractivity contribution in [3.63, 3.8) is 0 Å². The lowest BCUT2D eigenvalue weighted by Gasteiger charge is -2.33. The topological polar surface area (TPSA) is 19.0 Å². The number of nitrogens with zero attached hydrogens (tertiary/aromatic N) is 1. The molecule has 1 aromatic heterocycles. The summed E-state index contributed by atoms with van der Waals surface area (Å²) in [5.74, 6) is 0. The van der Waals surface area contributed by atoms with Crippen molar-refractivity contribution < 1.29 is 0 Å². The maximum atomic E-state index is 3.65. The number of aromatic nitrogens is 1. The fourth-order valence-corrected chi connectivity index (χ4v) is 3.42. The number of benzene rings is 2. The molecule has 0 spiro atoms. The summed E-state index contributed by atoms with van der Waals surface area (Å²) in [7, 11) is 2.21. The van der Waals surface area contributed by atoms with Gasteiger partial charge in [-0.1, -0.05) is 48.5 Å². The molecule has 4 rings (SSSR count). The Kier molecular flexibility index (Phi) is 2.64. The van der Waals surface area contributed by atoms with Gasteiger partial charge in [0.05, 0.1) is 6.04 Å². The first kappa shape index (κ1) is 11.7. The highest BCUT2D eigenvalue weighted by Gasteiger charge is 2.28. The number of hydrogen-bond acceptors (Lipinski definition) is 1. The van der Waals surface area contributed by atoms with Gasteiger partial charge < -0.3 is 4.98 Å². The summed E-state index contributed by atoms with van der Waals surface area (Å²) in [5, 5.41) is 1.39. The fraction of sp³-hybridized carbons (Fsp3) is 0.222. The van der Waals surface area contributed by atoms with Crippen LogP contribution in [0.1, 0.15) is 22.9 Å². The molecule has 3 aromatic rings. The summed E-state index contributed by atoms with van der Waals surface area (Å²) < 4.78 is 0. The zero-order valence-corrected chi connectivity index (χ0v) is 11.6. The summed E-state index contributed by atoms with van der Waals surface area (Å²) in [5.41, 5.74) is 5.48. The lowest BCUT2D eigenvalue weighted by Crippen LogP contribution is -2.32. The second-order valence-corrected chi connectivity index (χ2v) is 5.61. The number of H-pyrrole nitrogens is 1. The van der Waals surface area contributed by atoms with Crippen LogP contribution in [0.3, 0.4) is 0 Å². The van der Waals surface area contributed by atoms with E-state index in [4.69, 9.17) is 0 Å². The van der Waals surface area contributed by atoms with Crippen molar-refractivity contribution in [2.75, 3.05) is 13.6 Å². The quantitative estimate of drug-likeness (QED) is 0.707. The summed E-state index contributed by atoms with van der Waals surface area (Å²) in [4.78, 5) is 6.09. The number of hydrogen-bond donors (Lipinski definition) is 1. The van der Waals surface area contributed by atoms with E-state index in [2.05, 4.69) is 71.5 Å². The standard InChI is InChI=1S/C18H18N2/c1-20-12-11-15-14-9-5-6-10-16(14)19-17(15)18(20)13-7-3-2-4-8-13/h2-10,18-19H,11-12H2,1H3/t18-/m0/s1. The minimum Gasteiger partial charge on any atom is -0.357 e. The zero-order chi connectivity index (χ0) is 13.5. The normalized spacial score (nSPS) is 19.1. The van der Waals surface area contributed by atoms with Crippen molar-refractivity contribution in [2.45, 2.75) is 12.5 Å². The van der Waals surface area contributed by atoms with Gasteiger partial charge in [-0.05, 0) is 30.7 Å². The Morgan fingerprint density at radius 1 is 1.00 bits per heavy atom. The summed E-state index contributed by atoms with van der Waals surface area (Å²) in [6.07, 6.45) is 1.12. The van der Waals surface area contributed by atoms with Crippen LogP contribution in [0, 0.1) is 0 Å². The Labute approximate surface area is 119 Å². The van der Waals surface area contributed by atoms with E-state index < -0.39 is 0 Å². The lowest BCUT2D eigenvalue weighted by molar-refractivity contribution is 0.261. The minimum atomic E-state index is 0.340. The fourth-order valence-electron chi connectivity index (χ4n) is 3.42. The zero-order valence-electron chi connectivity index (χ0n) is 11.6. The molecule has 0 unspecified atom stereocenters. The van der Waals surface area contributed by atoms with Crippen LogP contribution in [-0.4, -0.2) is 23.5 Å². The molecule has 2 aromatic carbocycles. The SMILES string of the molecule is CN1CCc2c([nH]c3ccccc23)[C@@H]1c1ccccc1. The van der Waals surface area contributed by atoms with Gasteiger partial charge in [0, 0.05) is 23.1 Å². The highest BCUT2D eigenvalue weighted by atomic mass is 15.1. The monoisotopic (exact) mass is 262 g/mol. The summed E-state index contributed by atoms with van der Waals surface area (Å²) in [6, 6.07) is 19.8. The van der Waals surface area contributed by atoms with Crippen LogP contribution < -0.4 is 0 Å². The largest absolute Gasteiger partial charge is 0.357 e. The van der Waals surface area contributed by atoms with Crippen molar-refractivity contribution in [3.05, 3.63) is 71.4 Å². The first-order valence-electron chi connectivity index (χ1n) is 7.19. The number of para-hydroxylation sites is 1. The molecule has 0 saturated carbocycles. The van der Waals surface area contributed by atoms with E-state index in [1.165, 1.54) is 27.7 Å². The molecular formula is C18H18N2. The molecule has 2 heterocycles. The Balaban J connectivity index is 1.94. The molecule has 1 N–H and O–H groups in total. The lowest BCUT2D eigenvalue weighted by atomic mass is 9.93. The van der Waals surface area contributed by atoms with E-state index in [-0.39, 0.29) is 0 Å². The molecule has 20 heavy (non-hydrogen) atoms. The molecule has 100 valence electrons. The number of likely N-dealkylation sites (N-methyl/N-ethyl adjacent to an activating group) is 1. The third kappa shape index (κ3) is 1.69. The third-order valence-corrected chi connectivity index (χ3v) is 4.39. The summed E-state index contributed by atoms with van der Waals surface area (Å²) >= 11 is 0. The second-order valence-electron chi connectivity index (χ2n) is 5.61. The average molecular weight is 262 g/mol. The maximum absolute atomic E-state index is 3.65. The molecule has 0 bridgehead atoms. The molecule has 0 radical (unpaired) electrons. The van der Waals surface area contributed by atoms with Gasteiger partial charge in [0.1, 0.15) is 0 Å². The molecular weight excluding hydrogens is 244 g/mol. The average Bonchev–Trinajstić information content (AvgIpc) is 2.86. The van der Waals surface area contributed by atoms with Crippen LogP contribution in [0.2, 0.25) is 0 Å². The van der Waals surface area contributed by atoms with Crippen molar-refractivity contribution in [1.82, 2.24) is 9.88 Å². The smallest absolute Gasteiger partial charge is 0.0754 e. The van der Waals surface area contributed by atoms with E-state index in [1.54, 1.807) is 0 Å². The van der Waals surface area contributed by atoms with Crippen LogP contribution >= 0.6 is 0 Å². The van der Waals surface area contributed by atoms with Crippen LogP contribution in [0.25, 0.3) is 10.9 Å². The van der Waals surface area contributed by atoms with Gasteiger partial charge in [-0.2, -0.15) is 0 Å². The highest BCUT2D eigenvalue weighted by molar-refractivity contribution is 5.85.